The molecule has 1 nitrogen and oxygen atoms in total. The van der Waals surface area contributed by atoms with E-state index in [1.54, 1.807) is 19.1 Å². The zero-order chi connectivity index (χ0) is 11.1. The normalized spacial score (nSPS) is 10.3. The molecule has 0 aliphatic heterocycles. The fourth-order valence-corrected chi connectivity index (χ4v) is 1.42. The van der Waals surface area contributed by atoms with Gasteiger partial charge in [-0.3, -0.25) is 0 Å². The molecule has 0 amide bonds. The third-order valence-electron chi connectivity index (χ3n) is 2.19. The molecule has 0 aromatic heterocycles. The first kappa shape index (κ1) is 12.3. The lowest BCUT2D eigenvalue weighted by Crippen LogP contribution is -1.98. The Kier molecular flexibility index (Phi) is 5.48. The molecule has 0 radical (unpaired) electrons. The van der Waals surface area contributed by atoms with Crippen LogP contribution < -0.4 is 4.74 Å². The Hall–Kier alpha value is -0.760. The van der Waals surface area contributed by atoms with Crippen molar-refractivity contribution < 1.29 is 9.13 Å². The van der Waals surface area contributed by atoms with Crippen LogP contribution in [0.1, 0.15) is 24.8 Å². The molecule has 0 aliphatic rings. The van der Waals surface area contributed by atoms with Crippen LogP contribution in [0.5, 0.6) is 5.75 Å². The average molecular weight is 231 g/mol. The van der Waals surface area contributed by atoms with Crippen LogP contribution in [0.3, 0.4) is 0 Å². The first-order chi connectivity index (χ1) is 7.24. The number of hydrogen-bond donors (Lipinski definition) is 0. The second-order valence-electron chi connectivity index (χ2n) is 3.51. The predicted molar refractivity (Wildman–Crippen MR) is 61.2 cm³/mol. The molecule has 0 unspecified atom stereocenters. The molecular weight excluding hydrogens is 215 g/mol. The molecule has 0 bridgehead atoms. The van der Waals surface area contributed by atoms with E-state index in [2.05, 4.69) is 0 Å². The van der Waals surface area contributed by atoms with Gasteiger partial charge in [-0.1, -0.05) is 6.07 Å². The summed E-state index contributed by atoms with van der Waals surface area (Å²) in [6, 6.07) is 4.94. The fourth-order valence-electron chi connectivity index (χ4n) is 1.23. The van der Waals surface area contributed by atoms with Gasteiger partial charge in [0.15, 0.2) is 0 Å². The van der Waals surface area contributed by atoms with Gasteiger partial charge in [-0.2, -0.15) is 0 Å². The molecule has 84 valence electrons. The Morgan fingerprint density at radius 1 is 1.27 bits per heavy atom. The highest BCUT2D eigenvalue weighted by molar-refractivity contribution is 6.17. The molecule has 0 saturated carbocycles. The van der Waals surface area contributed by atoms with Crippen LogP contribution in [-0.4, -0.2) is 12.5 Å². The molecule has 0 spiro atoms. The van der Waals surface area contributed by atoms with E-state index in [9.17, 15) is 4.39 Å². The van der Waals surface area contributed by atoms with E-state index in [0.29, 0.717) is 23.8 Å². The summed E-state index contributed by atoms with van der Waals surface area (Å²) in [6.45, 7) is 2.36. The van der Waals surface area contributed by atoms with E-state index in [1.165, 1.54) is 6.07 Å². The number of halogens is 2. The highest BCUT2D eigenvalue weighted by Gasteiger charge is 1.99. The smallest absolute Gasteiger partial charge is 0.129 e. The van der Waals surface area contributed by atoms with Crippen LogP contribution in [0.25, 0.3) is 0 Å². The number of alkyl halides is 1. The van der Waals surface area contributed by atoms with Crippen LogP contribution in [0, 0.1) is 12.7 Å². The molecule has 1 aromatic carbocycles. The zero-order valence-corrected chi connectivity index (χ0v) is 9.69. The lowest BCUT2D eigenvalue weighted by molar-refractivity contribution is 0.305. The van der Waals surface area contributed by atoms with Gasteiger partial charge in [0, 0.05) is 11.9 Å². The molecule has 0 fully saturated rings. The van der Waals surface area contributed by atoms with E-state index in [0.717, 1.165) is 19.3 Å². The summed E-state index contributed by atoms with van der Waals surface area (Å²) in [4.78, 5) is 0. The summed E-state index contributed by atoms with van der Waals surface area (Å²) in [5.74, 6) is 1.08. The summed E-state index contributed by atoms with van der Waals surface area (Å²) in [7, 11) is 0. The van der Waals surface area contributed by atoms with Gasteiger partial charge in [-0.15, -0.1) is 11.6 Å². The Balaban J connectivity index is 2.28. The highest BCUT2D eigenvalue weighted by Crippen LogP contribution is 2.16. The average Bonchev–Trinajstić information content (AvgIpc) is 2.23. The van der Waals surface area contributed by atoms with Gasteiger partial charge < -0.3 is 4.74 Å². The van der Waals surface area contributed by atoms with Crippen molar-refractivity contribution in [3.8, 4) is 5.75 Å². The van der Waals surface area contributed by atoms with Crippen molar-refractivity contribution in [3.05, 3.63) is 29.6 Å². The number of rotatable bonds is 6. The van der Waals surface area contributed by atoms with Crippen molar-refractivity contribution in [2.45, 2.75) is 26.2 Å². The maximum absolute atomic E-state index is 13.1. The largest absolute Gasteiger partial charge is 0.493 e. The van der Waals surface area contributed by atoms with Crippen molar-refractivity contribution in [2.75, 3.05) is 12.5 Å². The van der Waals surface area contributed by atoms with Crippen LogP contribution in [0.4, 0.5) is 4.39 Å². The Morgan fingerprint density at radius 3 is 2.73 bits per heavy atom. The summed E-state index contributed by atoms with van der Waals surface area (Å²) >= 11 is 5.55. The summed E-state index contributed by atoms with van der Waals surface area (Å²) < 4.78 is 18.5. The molecule has 0 heterocycles. The molecule has 1 aromatic rings. The SMILES string of the molecule is Cc1ccc(OCCCCCCl)cc1F. The van der Waals surface area contributed by atoms with Crippen molar-refractivity contribution in [2.24, 2.45) is 0 Å². The summed E-state index contributed by atoms with van der Waals surface area (Å²) in [5.41, 5.74) is 0.643. The van der Waals surface area contributed by atoms with Crippen LogP contribution in [-0.2, 0) is 0 Å². The minimum Gasteiger partial charge on any atom is -0.493 e. The molecule has 0 saturated heterocycles. The highest BCUT2D eigenvalue weighted by atomic mass is 35.5. The maximum atomic E-state index is 13.1. The maximum Gasteiger partial charge on any atom is 0.129 e. The van der Waals surface area contributed by atoms with Crippen molar-refractivity contribution in [1.82, 2.24) is 0 Å². The van der Waals surface area contributed by atoms with Crippen molar-refractivity contribution >= 4 is 11.6 Å². The van der Waals surface area contributed by atoms with Crippen molar-refractivity contribution in [3.63, 3.8) is 0 Å². The van der Waals surface area contributed by atoms with Crippen LogP contribution in [0.2, 0.25) is 0 Å². The van der Waals surface area contributed by atoms with E-state index in [4.69, 9.17) is 16.3 Å². The number of hydrogen-bond acceptors (Lipinski definition) is 1. The van der Waals surface area contributed by atoms with Gasteiger partial charge in [-0.25, -0.2) is 4.39 Å². The Bertz CT molecular complexity index is 302. The van der Waals surface area contributed by atoms with E-state index < -0.39 is 0 Å². The molecular formula is C12H16ClFO. The van der Waals surface area contributed by atoms with Gasteiger partial charge in [0.05, 0.1) is 6.61 Å². The summed E-state index contributed by atoms with van der Waals surface area (Å²) in [5, 5.41) is 0. The van der Waals surface area contributed by atoms with Crippen LogP contribution in [0.15, 0.2) is 18.2 Å². The van der Waals surface area contributed by atoms with Gasteiger partial charge in [0.25, 0.3) is 0 Å². The standard InChI is InChI=1S/C12H16ClFO/c1-10-5-6-11(9-12(10)14)15-8-4-2-3-7-13/h5-6,9H,2-4,7-8H2,1H3. The zero-order valence-electron chi connectivity index (χ0n) is 8.93. The van der Waals surface area contributed by atoms with Crippen molar-refractivity contribution in [1.29, 1.82) is 0 Å². The summed E-state index contributed by atoms with van der Waals surface area (Å²) in [6.07, 6.45) is 3.02. The topological polar surface area (TPSA) is 9.23 Å². The molecule has 0 atom stereocenters. The van der Waals surface area contributed by atoms with Gasteiger partial charge in [-0.05, 0) is 37.8 Å². The number of aryl methyl sites for hydroxylation is 1. The van der Waals surface area contributed by atoms with E-state index in [-0.39, 0.29) is 5.82 Å². The molecule has 0 N–H and O–H groups in total. The van der Waals surface area contributed by atoms with Gasteiger partial charge in [0.2, 0.25) is 0 Å². The minimum absolute atomic E-state index is 0.215. The third kappa shape index (κ3) is 4.52. The van der Waals surface area contributed by atoms with Gasteiger partial charge in [0.1, 0.15) is 11.6 Å². The lowest BCUT2D eigenvalue weighted by Gasteiger charge is -2.06. The first-order valence-corrected chi connectivity index (χ1v) is 5.72. The third-order valence-corrected chi connectivity index (χ3v) is 2.46. The Morgan fingerprint density at radius 2 is 2.07 bits per heavy atom. The predicted octanol–water partition coefficient (Wildman–Crippen LogP) is 3.92. The molecule has 0 aliphatic carbocycles. The molecule has 1 rings (SSSR count). The minimum atomic E-state index is -0.215. The second kappa shape index (κ2) is 6.67. The second-order valence-corrected chi connectivity index (χ2v) is 3.89. The fraction of sp³-hybridized carbons (Fsp3) is 0.500. The van der Waals surface area contributed by atoms with Gasteiger partial charge >= 0.3 is 0 Å². The van der Waals surface area contributed by atoms with Crippen LogP contribution >= 0.6 is 11.6 Å². The lowest BCUT2D eigenvalue weighted by atomic mass is 10.2. The first-order valence-electron chi connectivity index (χ1n) is 5.19. The number of ether oxygens (including phenoxy) is 1. The van der Waals surface area contributed by atoms with E-state index in [1.807, 2.05) is 0 Å². The molecule has 15 heavy (non-hydrogen) atoms. The van der Waals surface area contributed by atoms with E-state index >= 15 is 0 Å². The number of unbranched alkanes of at least 4 members (excludes halogenated alkanes) is 2. The Labute approximate surface area is 95.2 Å². The number of benzene rings is 1. The molecule has 3 heteroatoms. The quantitative estimate of drug-likeness (QED) is 0.532. The monoisotopic (exact) mass is 230 g/mol.